The first kappa shape index (κ1) is 63.1. The average Bonchev–Trinajstić information content (AvgIpc) is 0.710. The predicted octanol–water partition coefficient (Wildman–Crippen LogP) is 6.73. The summed E-state index contributed by atoms with van der Waals surface area (Å²) in [5.41, 5.74) is -8.28. The number of aliphatic carboxylic acids is 1. The Morgan fingerprint density at radius 3 is 2.00 bits per heavy atom. The highest BCUT2D eigenvalue weighted by molar-refractivity contribution is 9.10. The van der Waals surface area contributed by atoms with Crippen molar-refractivity contribution in [2.75, 3.05) is 6.61 Å². The maximum absolute atomic E-state index is 16.5. The lowest BCUT2D eigenvalue weighted by molar-refractivity contribution is -0.346. The molecule has 22 nitrogen and oxygen atoms in total. The fourth-order valence-electron chi connectivity index (χ4n) is 14.0. The number of ketones is 1. The number of amides is 2. The molecule has 12 atom stereocenters. The van der Waals surface area contributed by atoms with Gasteiger partial charge in [-0.3, -0.25) is 43.3 Å². The number of carbonyl (C=O) groups excluding carboxylic acids is 9. The first-order valence-corrected chi connectivity index (χ1v) is 29.9. The smallest absolute Gasteiger partial charge is 0.350 e. The number of hydrogen-bond acceptors (Lipinski definition) is 19. The van der Waals surface area contributed by atoms with Gasteiger partial charge in [0.05, 0.1) is 40.9 Å². The largest absolute Gasteiger partial charge is 0.481 e. The number of aromatic nitrogens is 1. The van der Waals surface area contributed by atoms with Crippen LogP contribution in [0.25, 0.3) is 0 Å². The summed E-state index contributed by atoms with van der Waals surface area (Å²) in [5, 5.41) is 29.5. The minimum Gasteiger partial charge on any atom is -0.481 e. The molecule has 23 heteroatoms. The molecule has 6 aliphatic rings. The van der Waals surface area contributed by atoms with Crippen LogP contribution in [-0.4, -0.2) is 135 Å². The Kier molecular flexibility index (Phi) is 18.7. The van der Waals surface area contributed by atoms with Crippen molar-refractivity contribution in [2.45, 2.75) is 179 Å². The molecule has 460 valence electrons. The summed E-state index contributed by atoms with van der Waals surface area (Å²) < 4.78 is 44.8. The molecular formula is C63H72BrN3O19. The second-order valence-corrected chi connectivity index (χ2v) is 25.1. The number of carboxylic acids is 1. The Bertz CT molecular complexity index is 3180. The van der Waals surface area contributed by atoms with E-state index in [9.17, 15) is 48.6 Å². The molecule has 3 aromatic rings. The second-order valence-electron chi connectivity index (χ2n) is 24.2. The van der Waals surface area contributed by atoms with Crippen LogP contribution in [0.1, 0.15) is 151 Å². The third-order valence-electron chi connectivity index (χ3n) is 18.5. The number of carbonyl (C=O) groups is 10. The number of benzene rings is 2. The van der Waals surface area contributed by atoms with Crippen LogP contribution in [0.2, 0.25) is 0 Å². The highest BCUT2D eigenvalue weighted by Crippen LogP contribution is 2.65. The number of esters is 6. The quantitative estimate of drug-likeness (QED) is 0.0549. The van der Waals surface area contributed by atoms with Gasteiger partial charge in [0.2, 0.25) is 12.0 Å². The van der Waals surface area contributed by atoms with Gasteiger partial charge in [-0.15, -0.1) is 0 Å². The number of aliphatic hydroxyl groups is 1. The van der Waals surface area contributed by atoms with Crippen LogP contribution in [0.15, 0.2) is 94.7 Å². The van der Waals surface area contributed by atoms with Crippen molar-refractivity contribution in [2.24, 2.45) is 28.6 Å². The van der Waals surface area contributed by atoms with Crippen molar-refractivity contribution in [3.8, 4) is 0 Å². The average molecular weight is 1260 g/mol. The zero-order chi connectivity index (χ0) is 62.0. The third-order valence-corrected chi connectivity index (χ3v) is 18.9. The Balaban J connectivity index is 1.20. The maximum Gasteiger partial charge on any atom is 0.350 e. The highest BCUT2D eigenvalue weighted by Gasteiger charge is 2.79. The molecule has 2 heterocycles. The monoisotopic (exact) mass is 1250 g/mol. The predicted molar refractivity (Wildman–Crippen MR) is 304 cm³/mol. The van der Waals surface area contributed by atoms with Crippen LogP contribution in [0, 0.1) is 28.6 Å². The number of nitrogens with zero attached hydrogens (tertiary/aromatic N) is 1. The topological polar surface area (TPSA) is 313 Å². The van der Waals surface area contributed by atoms with Gasteiger partial charge in [0.1, 0.15) is 42.1 Å². The first-order chi connectivity index (χ1) is 40.8. The van der Waals surface area contributed by atoms with Gasteiger partial charge < -0.3 is 54.0 Å². The zero-order valence-electron chi connectivity index (χ0n) is 48.7. The van der Waals surface area contributed by atoms with E-state index < -0.39 is 174 Å². The standard InChI is InChI=1S/C63H72BrN3O19/c1-33-43(82-59(78)50(84-57(76)38-23-15-16-24-38)48(36-17-9-7-10-18-36)67-55(74)42(25-26-46(70)71)66-54(73)40-27-41(64)31-65-30-40)29-63(79)53(85-58(77)39-19-11-8-12-20-39)51-61(6,52(72)49(81-34(2)68)47(33)60(63,4)5)44(83-56(75)37-21-13-14-22-37)28-45-62(51,32-80-45)86-35(3)69/h7-12,17-20,27,30-31,37-38,42-45,48-51,53,79H,13-16,21-26,28-29,32H2,1-6H3,(H,66,73)(H,67,74)(H,70,71)/t42-,43+,44+,45-,48+,49-,50-,51+,53+,61-,62+,63-/m1/s1. The van der Waals surface area contributed by atoms with E-state index in [1.165, 1.54) is 70.4 Å². The number of fused-ring (bicyclic) bond motifs is 5. The summed E-state index contributed by atoms with van der Waals surface area (Å²) in [6, 6.07) is 13.8. The number of halogens is 1. The number of nitrogens with one attached hydrogen (secondary N) is 2. The lowest BCUT2D eigenvalue weighted by Gasteiger charge is -2.67. The van der Waals surface area contributed by atoms with Crippen LogP contribution in [0.3, 0.4) is 0 Å². The molecule has 1 aromatic heterocycles. The second kappa shape index (κ2) is 25.5. The molecule has 5 fully saturated rings. The number of rotatable bonds is 19. The van der Waals surface area contributed by atoms with Gasteiger partial charge in [-0.1, -0.05) is 88.1 Å². The van der Waals surface area contributed by atoms with E-state index in [0.29, 0.717) is 43.0 Å². The molecule has 1 aliphatic heterocycles. The number of ether oxygens (including phenoxy) is 7. The van der Waals surface area contributed by atoms with Gasteiger partial charge in [0, 0.05) is 55.4 Å². The lowest BCUT2D eigenvalue weighted by atomic mass is 9.44. The molecule has 2 amide bonds. The van der Waals surface area contributed by atoms with Gasteiger partial charge in [-0.25, -0.2) is 9.59 Å². The van der Waals surface area contributed by atoms with Crippen molar-refractivity contribution in [1.29, 1.82) is 0 Å². The Hall–Kier alpha value is -7.37. The number of carboxylic acid groups (broad SMARTS) is 1. The first-order valence-electron chi connectivity index (χ1n) is 29.1. The van der Waals surface area contributed by atoms with Crippen LogP contribution >= 0.6 is 15.9 Å². The van der Waals surface area contributed by atoms with Crippen molar-refractivity contribution < 1.29 is 91.3 Å². The molecule has 0 radical (unpaired) electrons. The van der Waals surface area contributed by atoms with Crippen LogP contribution in [-0.2, 0) is 71.5 Å². The molecule has 9 rings (SSSR count). The van der Waals surface area contributed by atoms with Crippen molar-refractivity contribution >= 4 is 75.3 Å². The van der Waals surface area contributed by atoms with Crippen molar-refractivity contribution in [1.82, 2.24) is 15.6 Å². The minimum atomic E-state index is -2.57. The van der Waals surface area contributed by atoms with E-state index in [-0.39, 0.29) is 34.3 Å². The van der Waals surface area contributed by atoms with Gasteiger partial charge in [0.15, 0.2) is 17.5 Å². The molecule has 2 bridgehead atoms. The van der Waals surface area contributed by atoms with E-state index in [1.807, 2.05) is 0 Å². The van der Waals surface area contributed by atoms with Gasteiger partial charge in [-0.05, 0) is 96.8 Å². The van der Waals surface area contributed by atoms with Crippen LogP contribution in [0.4, 0.5) is 0 Å². The lowest BCUT2D eigenvalue weighted by Crippen LogP contribution is -2.82. The summed E-state index contributed by atoms with van der Waals surface area (Å²) in [5.74, 6) is -12.4. The normalized spacial score (nSPS) is 28.7. The van der Waals surface area contributed by atoms with Crippen molar-refractivity contribution in [3.63, 3.8) is 0 Å². The van der Waals surface area contributed by atoms with Crippen LogP contribution in [0.5, 0.6) is 0 Å². The number of hydrogen-bond donors (Lipinski definition) is 4. The molecule has 5 aliphatic carbocycles. The molecule has 1 saturated heterocycles. The minimum absolute atomic E-state index is 0.00585. The summed E-state index contributed by atoms with van der Waals surface area (Å²) in [4.78, 5) is 147. The van der Waals surface area contributed by atoms with E-state index >= 15 is 9.59 Å². The molecule has 86 heavy (non-hydrogen) atoms. The summed E-state index contributed by atoms with van der Waals surface area (Å²) in [7, 11) is 0. The molecule has 2 aromatic carbocycles. The number of pyridine rings is 1. The Labute approximate surface area is 505 Å². The molecule has 0 unspecified atom stereocenters. The summed E-state index contributed by atoms with van der Waals surface area (Å²) in [6.45, 7) is 7.82. The molecule has 0 spiro atoms. The fraction of sp³-hybridized carbons (Fsp3) is 0.540. The van der Waals surface area contributed by atoms with Crippen molar-refractivity contribution in [3.05, 3.63) is 111 Å². The molecule has 4 saturated carbocycles. The van der Waals surface area contributed by atoms with Crippen LogP contribution < -0.4 is 10.6 Å². The Morgan fingerprint density at radius 1 is 0.791 bits per heavy atom. The Morgan fingerprint density at radius 2 is 1.42 bits per heavy atom. The van der Waals surface area contributed by atoms with E-state index in [1.54, 1.807) is 36.4 Å². The van der Waals surface area contributed by atoms with E-state index in [4.69, 9.17) is 33.2 Å². The number of Topliss-reactive ketones (excluding diaryl/α,β-unsaturated/α-hetero) is 1. The maximum atomic E-state index is 16.5. The third kappa shape index (κ3) is 12.3. The highest BCUT2D eigenvalue weighted by atomic mass is 79.9. The van der Waals surface area contributed by atoms with E-state index in [2.05, 4.69) is 31.5 Å². The van der Waals surface area contributed by atoms with Gasteiger partial charge >= 0.3 is 41.8 Å². The van der Waals surface area contributed by atoms with Gasteiger partial charge in [0.25, 0.3) is 5.91 Å². The SMILES string of the molecule is CC(=O)O[C@H]1C(=O)[C@]2(C)[C@@H](OC(=O)C3CCCC3)C[C@H]3OC[C@@]3(OC(C)=O)[C@H]2[C@H](OC(=O)c2ccccc2)[C@]2(O)C[C@H](OC(=O)[C@H](OC(=O)C3CCCC3)[C@@H](NC(=O)[C@@H](CCC(=O)O)NC(=O)c3cncc(Br)c3)c3ccccc3)C(C)=C1C2(C)C. The van der Waals surface area contributed by atoms with Gasteiger partial charge in [-0.2, -0.15) is 0 Å². The zero-order valence-corrected chi connectivity index (χ0v) is 50.3. The summed E-state index contributed by atoms with van der Waals surface area (Å²) >= 11 is 3.27. The fourth-order valence-corrected chi connectivity index (χ4v) is 14.3. The van der Waals surface area contributed by atoms with E-state index in [0.717, 1.165) is 26.7 Å². The summed E-state index contributed by atoms with van der Waals surface area (Å²) in [6.07, 6.45) is -4.86. The molecule has 4 N–H and O–H groups in total. The molecular weight excluding hydrogens is 1180 g/mol.